The zero-order valence-corrected chi connectivity index (χ0v) is 14.6. The van der Waals surface area contributed by atoms with Gasteiger partial charge in [0.25, 0.3) is 0 Å². The largest absolute Gasteiger partial charge is 0.357 e. The molecule has 0 aliphatic rings. The molecule has 2 N–H and O–H groups in total. The highest BCUT2D eigenvalue weighted by Crippen LogP contribution is 2.22. The van der Waals surface area contributed by atoms with Crippen LogP contribution in [0.5, 0.6) is 0 Å². The van der Waals surface area contributed by atoms with E-state index in [1.54, 1.807) is 18.4 Å². The molecule has 2 amide bonds. The number of hydrogen-bond acceptors (Lipinski definition) is 4. The number of amides is 2. The molecule has 0 unspecified atom stereocenters. The zero-order valence-electron chi connectivity index (χ0n) is 13.8. The molecule has 1 atom stereocenters. The Morgan fingerprint density at radius 1 is 1.26 bits per heavy atom. The molecule has 6 heteroatoms. The average molecular weight is 333 g/mol. The van der Waals surface area contributed by atoms with Crippen molar-refractivity contribution in [2.45, 2.75) is 39.2 Å². The highest BCUT2D eigenvalue weighted by atomic mass is 32.1. The summed E-state index contributed by atoms with van der Waals surface area (Å²) in [5.41, 5.74) is 0.968. The third-order valence-corrected chi connectivity index (χ3v) is 4.61. The van der Waals surface area contributed by atoms with Gasteiger partial charge in [-0.25, -0.2) is 4.98 Å². The zero-order chi connectivity index (χ0) is 16.8. The highest BCUT2D eigenvalue weighted by molar-refractivity contribution is 7.18. The molecule has 0 aliphatic carbocycles. The number of aryl methyl sites for hydroxylation is 1. The monoisotopic (exact) mass is 333 g/mol. The fourth-order valence-electron chi connectivity index (χ4n) is 2.39. The predicted octanol–water partition coefficient (Wildman–Crippen LogP) is 2.51. The fourth-order valence-corrected chi connectivity index (χ4v) is 3.36. The van der Waals surface area contributed by atoms with Crippen molar-refractivity contribution in [1.29, 1.82) is 0 Å². The van der Waals surface area contributed by atoms with E-state index < -0.39 is 6.04 Å². The van der Waals surface area contributed by atoms with Gasteiger partial charge in [-0.3, -0.25) is 9.59 Å². The third kappa shape index (κ3) is 5.03. The number of nitrogens with one attached hydrogen (secondary N) is 2. The maximum Gasteiger partial charge on any atom is 0.242 e. The van der Waals surface area contributed by atoms with Crippen molar-refractivity contribution >= 4 is 33.4 Å². The second-order valence-electron chi connectivity index (χ2n) is 5.94. The summed E-state index contributed by atoms with van der Waals surface area (Å²) in [4.78, 5) is 28.5. The van der Waals surface area contributed by atoms with Crippen LogP contribution < -0.4 is 10.6 Å². The van der Waals surface area contributed by atoms with Gasteiger partial charge in [0, 0.05) is 19.9 Å². The number of para-hydroxylation sites is 1. The molecule has 0 radical (unpaired) electrons. The standard InChI is InChI=1S/C17H23N3O2S/c1-11(2)10-13(17(22)18-3)19-15(21)8-9-16-20-12-6-4-5-7-14(12)23-16/h4-7,11,13H,8-10H2,1-3H3,(H,18,22)(H,19,21)/t13-/m0/s1. The lowest BCUT2D eigenvalue weighted by atomic mass is 10.0. The molecule has 1 heterocycles. The minimum Gasteiger partial charge on any atom is -0.357 e. The summed E-state index contributed by atoms with van der Waals surface area (Å²) in [6.07, 6.45) is 1.56. The maximum absolute atomic E-state index is 12.1. The van der Waals surface area contributed by atoms with E-state index in [9.17, 15) is 9.59 Å². The molecule has 2 rings (SSSR count). The van der Waals surface area contributed by atoms with Crippen LogP contribution in [0.3, 0.4) is 0 Å². The molecule has 0 aliphatic heterocycles. The summed E-state index contributed by atoms with van der Waals surface area (Å²) in [6, 6.07) is 7.47. The number of fused-ring (bicyclic) bond motifs is 1. The number of carbonyl (C=O) groups excluding carboxylic acids is 2. The van der Waals surface area contributed by atoms with E-state index in [4.69, 9.17) is 0 Å². The van der Waals surface area contributed by atoms with E-state index in [-0.39, 0.29) is 11.8 Å². The van der Waals surface area contributed by atoms with E-state index in [0.717, 1.165) is 15.2 Å². The van der Waals surface area contributed by atoms with Crippen LogP contribution in [0.4, 0.5) is 0 Å². The molecule has 124 valence electrons. The molecule has 0 saturated heterocycles. The third-order valence-electron chi connectivity index (χ3n) is 3.51. The van der Waals surface area contributed by atoms with Gasteiger partial charge < -0.3 is 10.6 Å². The summed E-state index contributed by atoms with van der Waals surface area (Å²) in [5.74, 6) is 0.0763. The normalized spacial score (nSPS) is 12.3. The van der Waals surface area contributed by atoms with Crippen molar-refractivity contribution in [3.05, 3.63) is 29.3 Å². The van der Waals surface area contributed by atoms with Gasteiger partial charge in [0.2, 0.25) is 11.8 Å². The van der Waals surface area contributed by atoms with Crippen molar-refractivity contribution in [1.82, 2.24) is 15.6 Å². The first-order valence-electron chi connectivity index (χ1n) is 7.85. The van der Waals surface area contributed by atoms with Crippen LogP contribution in [-0.2, 0) is 16.0 Å². The maximum atomic E-state index is 12.1. The molecular formula is C17H23N3O2S. The smallest absolute Gasteiger partial charge is 0.242 e. The number of hydrogen-bond donors (Lipinski definition) is 2. The molecule has 0 fully saturated rings. The van der Waals surface area contributed by atoms with Gasteiger partial charge in [0.1, 0.15) is 6.04 Å². The number of carbonyl (C=O) groups is 2. The van der Waals surface area contributed by atoms with Gasteiger partial charge in [0.15, 0.2) is 0 Å². The first-order chi connectivity index (χ1) is 11.0. The van der Waals surface area contributed by atoms with Crippen LogP contribution in [0.1, 0.15) is 31.7 Å². The SMILES string of the molecule is CNC(=O)[C@H](CC(C)C)NC(=O)CCc1nc2ccccc2s1. The Morgan fingerprint density at radius 3 is 2.65 bits per heavy atom. The van der Waals surface area contributed by atoms with Gasteiger partial charge in [-0.05, 0) is 24.5 Å². The van der Waals surface area contributed by atoms with E-state index >= 15 is 0 Å². The summed E-state index contributed by atoms with van der Waals surface area (Å²) in [7, 11) is 1.59. The summed E-state index contributed by atoms with van der Waals surface area (Å²) < 4.78 is 1.13. The van der Waals surface area contributed by atoms with Gasteiger partial charge >= 0.3 is 0 Å². The van der Waals surface area contributed by atoms with Crippen LogP contribution in [0.2, 0.25) is 0 Å². The van der Waals surface area contributed by atoms with Crippen LogP contribution in [0.25, 0.3) is 10.2 Å². The molecule has 1 aromatic carbocycles. The Labute approximate surface area is 140 Å². The van der Waals surface area contributed by atoms with Gasteiger partial charge in [0.05, 0.1) is 15.2 Å². The topological polar surface area (TPSA) is 71.1 Å². The van der Waals surface area contributed by atoms with Crippen LogP contribution in [0.15, 0.2) is 24.3 Å². The molecule has 1 aromatic heterocycles. The first-order valence-corrected chi connectivity index (χ1v) is 8.66. The second-order valence-corrected chi connectivity index (χ2v) is 7.05. The van der Waals surface area contributed by atoms with E-state index in [0.29, 0.717) is 25.2 Å². The number of benzene rings is 1. The average Bonchev–Trinajstić information content (AvgIpc) is 2.94. The molecule has 2 aromatic rings. The Hall–Kier alpha value is -1.95. The van der Waals surface area contributed by atoms with Crippen LogP contribution >= 0.6 is 11.3 Å². The Kier molecular flexibility index (Phi) is 6.10. The van der Waals surface area contributed by atoms with Crippen molar-refractivity contribution in [3.8, 4) is 0 Å². The minimum absolute atomic E-state index is 0.112. The van der Waals surface area contributed by atoms with Gasteiger partial charge in [-0.2, -0.15) is 0 Å². The van der Waals surface area contributed by atoms with Crippen molar-refractivity contribution in [2.24, 2.45) is 5.92 Å². The summed E-state index contributed by atoms with van der Waals surface area (Å²) >= 11 is 1.61. The number of aromatic nitrogens is 1. The van der Waals surface area contributed by atoms with Gasteiger partial charge in [-0.15, -0.1) is 11.3 Å². The number of nitrogens with zero attached hydrogens (tertiary/aromatic N) is 1. The number of thiazole rings is 1. The predicted molar refractivity (Wildman–Crippen MR) is 93.4 cm³/mol. The molecule has 0 bridgehead atoms. The molecular weight excluding hydrogens is 310 g/mol. The van der Waals surface area contributed by atoms with Crippen LogP contribution in [-0.4, -0.2) is 29.9 Å². The Morgan fingerprint density at radius 2 is 2.00 bits per heavy atom. The van der Waals surface area contributed by atoms with Crippen molar-refractivity contribution in [3.63, 3.8) is 0 Å². The van der Waals surface area contributed by atoms with Crippen molar-refractivity contribution in [2.75, 3.05) is 7.05 Å². The quantitative estimate of drug-likeness (QED) is 0.818. The lowest BCUT2D eigenvalue weighted by Crippen LogP contribution is -2.46. The van der Waals surface area contributed by atoms with E-state index in [1.807, 2.05) is 38.1 Å². The Balaban J connectivity index is 1.91. The van der Waals surface area contributed by atoms with E-state index in [2.05, 4.69) is 15.6 Å². The highest BCUT2D eigenvalue weighted by Gasteiger charge is 2.20. The van der Waals surface area contributed by atoms with E-state index in [1.165, 1.54) is 0 Å². The van der Waals surface area contributed by atoms with Crippen molar-refractivity contribution < 1.29 is 9.59 Å². The molecule has 23 heavy (non-hydrogen) atoms. The summed E-state index contributed by atoms with van der Waals surface area (Å²) in [6.45, 7) is 4.06. The van der Waals surface area contributed by atoms with Crippen LogP contribution in [0, 0.1) is 5.92 Å². The minimum atomic E-state index is -0.470. The molecule has 0 spiro atoms. The van der Waals surface area contributed by atoms with Gasteiger partial charge in [-0.1, -0.05) is 26.0 Å². The lowest BCUT2D eigenvalue weighted by molar-refractivity contribution is -0.129. The summed E-state index contributed by atoms with van der Waals surface area (Å²) in [5, 5.41) is 6.38. The molecule has 5 nitrogen and oxygen atoms in total. The number of rotatable bonds is 7. The second kappa shape index (κ2) is 8.06. The number of likely N-dealkylation sites (N-methyl/N-ethyl adjacent to an activating group) is 1. The molecule has 0 saturated carbocycles. The lowest BCUT2D eigenvalue weighted by Gasteiger charge is -2.19. The Bertz CT molecular complexity index is 648. The fraction of sp³-hybridized carbons (Fsp3) is 0.471. The first kappa shape index (κ1) is 17.4.